The van der Waals surface area contributed by atoms with Gasteiger partial charge in [-0.2, -0.15) is 0 Å². The van der Waals surface area contributed by atoms with Crippen LogP contribution in [0.4, 0.5) is 0 Å². The summed E-state index contributed by atoms with van der Waals surface area (Å²) in [5, 5.41) is 2.63. The van der Waals surface area contributed by atoms with Crippen molar-refractivity contribution in [3.8, 4) is 11.4 Å². The number of rotatable bonds is 8. The van der Waals surface area contributed by atoms with Crippen LogP contribution in [-0.4, -0.2) is 59.6 Å². The Bertz CT molecular complexity index is 1710. The summed E-state index contributed by atoms with van der Waals surface area (Å²) in [7, 11) is 5.52. The Kier molecular flexibility index (Phi) is 7.43. The first-order valence-electron chi connectivity index (χ1n) is 13.0. The molecule has 0 saturated carbocycles. The SMILES string of the molecule is COc1cccc(C(=O)N(CCN(C)C)C(C)c2nc3ccccc3c(=O)n2-c2ccc3ccccc3c2)c1. The highest BCUT2D eigenvalue weighted by Gasteiger charge is 2.28. The van der Waals surface area contributed by atoms with Crippen LogP contribution in [0.25, 0.3) is 27.4 Å². The highest BCUT2D eigenvalue weighted by atomic mass is 16.5. The van der Waals surface area contributed by atoms with Gasteiger partial charge >= 0.3 is 0 Å². The number of amides is 1. The quantitative estimate of drug-likeness (QED) is 0.277. The van der Waals surface area contributed by atoms with Gasteiger partial charge in [0.25, 0.3) is 11.5 Å². The van der Waals surface area contributed by atoms with Crippen LogP contribution in [0.3, 0.4) is 0 Å². The number of carbonyl (C=O) groups excluding carboxylic acids is 1. The number of hydrogen-bond donors (Lipinski definition) is 0. The van der Waals surface area contributed by atoms with E-state index >= 15 is 0 Å². The fourth-order valence-electron chi connectivity index (χ4n) is 4.84. The third kappa shape index (κ3) is 5.26. The van der Waals surface area contributed by atoms with E-state index in [-0.39, 0.29) is 11.5 Å². The Hall–Kier alpha value is -4.49. The third-order valence-electron chi connectivity index (χ3n) is 7.00. The Morgan fingerprint density at radius 2 is 1.64 bits per heavy atom. The first-order valence-corrected chi connectivity index (χ1v) is 13.0. The summed E-state index contributed by atoms with van der Waals surface area (Å²) >= 11 is 0. The molecule has 1 unspecified atom stereocenters. The summed E-state index contributed by atoms with van der Waals surface area (Å²) in [4.78, 5) is 36.7. The molecule has 0 spiro atoms. The lowest BCUT2D eigenvalue weighted by Gasteiger charge is -2.31. The number of likely N-dealkylation sites (N-methyl/N-ethyl adjacent to an activating group) is 1. The molecule has 5 aromatic rings. The van der Waals surface area contributed by atoms with Gasteiger partial charge in [0, 0.05) is 18.7 Å². The molecular weight excluding hydrogens is 488 g/mol. The molecule has 0 aliphatic carbocycles. The maximum absolute atomic E-state index is 14.0. The van der Waals surface area contributed by atoms with E-state index in [1.54, 1.807) is 40.8 Å². The van der Waals surface area contributed by atoms with Gasteiger partial charge in [0.05, 0.1) is 29.7 Å². The van der Waals surface area contributed by atoms with Crippen LogP contribution in [-0.2, 0) is 0 Å². The van der Waals surface area contributed by atoms with E-state index in [1.807, 2.05) is 92.6 Å². The van der Waals surface area contributed by atoms with Crippen molar-refractivity contribution >= 4 is 27.6 Å². The fourth-order valence-corrected chi connectivity index (χ4v) is 4.84. The summed E-state index contributed by atoms with van der Waals surface area (Å²) in [6, 6.07) is 28.0. The zero-order chi connectivity index (χ0) is 27.5. The van der Waals surface area contributed by atoms with E-state index in [0.29, 0.717) is 46.8 Å². The second kappa shape index (κ2) is 11.1. The summed E-state index contributed by atoms with van der Waals surface area (Å²) in [6.07, 6.45) is 0. The highest BCUT2D eigenvalue weighted by molar-refractivity contribution is 5.95. The van der Waals surface area contributed by atoms with Gasteiger partial charge in [0.2, 0.25) is 0 Å². The maximum atomic E-state index is 14.0. The van der Waals surface area contributed by atoms with Crippen LogP contribution in [0.1, 0.15) is 29.1 Å². The van der Waals surface area contributed by atoms with Crippen molar-refractivity contribution in [3.05, 3.63) is 113 Å². The van der Waals surface area contributed by atoms with Crippen LogP contribution < -0.4 is 10.3 Å². The Morgan fingerprint density at radius 1 is 0.897 bits per heavy atom. The second-order valence-corrected chi connectivity index (χ2v) is 9.87. The van der Waals surface area contributed by atoms with Crippen molar-refractivity contribution in [1.29, 1.82) is 0 Å². The largest absolute Gasteiger partial charge is 0.497 e. The molecule has 0 aliphatic heterocycles. The summed E-state index contributed by atoms with van der Waals surface area (Å²) in [5.41, 5.74) is 1.66. The minimum Gasteiger partial charge on any atom is -0.497 e. The third-order valence-corrected chi connectivity index (χ3v) is 7.00. The molecule has 0 fully saturated rings. The molecule has 4 aromatic carbocycles. The van der Waals surface area contributed by atoms with Crippen molar-refractivity contribution in [2.75, 3.05) is 34.3 Å². The van der Waals surface area contributed by atoms with Crippen LogP contribution in [0, 0.1) is 0 Å². The average molecular weight is 521 g/mol. The number of nitrogens with zero attached hydrogens (tertiary/aromatic N) is 4. The van der Waals surface area contributed by atoms with E-state index < -0.39 is 6.04 Å². The minimum atomic E-state index is -0.507. The molecule has 0 N–H and O–H groups in total. The van der Waals surface area contributed by atoms with Crippen LogP contribution >= 0.6 is 0 Å². The van der Waals surface area contributed by atoms with Gasteiger partial charge in [-0.15, -0.1) is 0 Å². The van der Waals surface area contributed by atoms with Gasteiger partial charge in [0.1, 0.15) is 11.6 Å². The number of hydrogen-bond acceptors (Lipinski definition) is 5. The molecule has 1 amide bonds. The first-order chi connectivity index (χ1) is 18.9. The van der Waals surface area contributed by atoms with Crippen LogP contribution in [0.15, 0.2) is 95.8 Å². The number of aromatic nitrogens is 2. The molecule has 7 heteroatoms. The van der Waals surface area contributed by atoms with Crippen LogP contribution in [0.5, 0.6) is 5.75 Å². The Labute approximate surface area is 227 Å². The monoisotopic (exact) mass is 520 g/mol. The van der Waals surface area contributed by atoms with Crippen molar-refractivity contribution in [1.82, 2.24) is 19.4 Å². The Balaban J connectivity index is 1.69. The lowest BCUT2D eigenvalue weighted by Crippen LogP contribution is -2.41. The molecule has 0 aliphatic rings. The standard InChI is InChI=1S/C32H32N4O3/c1-22(35(19-18-34(2)3)31(37)25-12-9-13-27(21-25)39-4)30-33-29-15-8-7-14-28(29)32(38)36(30)26-17-16-23-10-5-6-11-24(23)20-26/h5-17,20-22H,18-19H2,1-4H3. The summed E-state index contributed by atoms with van der Waals surface area (Å²) in [6.45, 7) is 3.03. The van der Waals surface area contributed by atoms with E-state index in [9.17, 15) is 9.59 Å². The summed E-state index contributed by atoms with van der Waals surface area (Å²) < 4.78 is 7.02. The number of fused-ring (bicyclic) bond motifs is 2. The van der Waals surface area contributed by atoms with Crippen molar-refractivity contribution in [3.63, 3.8) is 0 Å². The lowest BCUT2D eigenvalue weighted by molar-refractivity contribution is 0.0667. The van der Waals surface area contributed by atoms with Gasteiger partial charge in [-0.05, 0) is 74.3 Å². The van der Waals surface area contributed by atoms with Gasteiger partial charge in [-0.1, -0.05) is 48.5 Å². The predicted molar refractivity (Wildman–Crippen MR) is 156 cm³/mol. The van der Waals surface area contributed by atoms with Crippen LogP contribution in [0.2, 0.25) is 0 Å². The van der Waals surface area contributed by atoms with Crippen molar-refractivity contribution < 1.29 is 9.53 Å². The van der Waals surface area contributed by atoms with Crippen molar-refractivity contribution in [2.24, 2.45) is 0 Å². The zero-order valence-corrected chi connectivity index (χ0v) is 22.7. The number of carbonyl (C=O) groups is 1. The normalized spacial score (nSPS) is 12.1. The fraction of sp³-hybridized carbons (Fsp3) is 0.219. The number of benzene rings is 4. The molecule has 198 valence electrons. The van der Waals surface area contributed by atoms with Gasteiger partial charge < -0.3 is 14.5 Å². The van der Waals surface area contributed by atoms with Gasteiger partial charge in [-0.3, -0.25) is 14.2 Å². The first kappa shape index (κ1) is 26.1. The molecule has 7 nitrogen and oxygen atoms in total. The smallest absolute Gasteiger partial charge is 0.266 e. The van der Waals surface area contributed by atoms with E-state index in [4.69, 9.17) is 9.72 Å². The maximum Gasteiger partial charge on any atom is 0.266 e. The van der Waals surface area contributed by atoms with E-state index in [2.05, 4.69) is 0 Å². The highest BCUT2D eigenvalue weighted by Crippen LogP contribution is 2.27. The molecular formula is C32H32N4O3. The molecule has 5 rings (SSSR count). The number of methoxy groups -OCH3 is 1. The van der Waals surface area contributed by atoms with Crippen molar-refractivity contribution in [2.45, 2.75) is 13.0 Å². The number of para-hydroxylation sites is 1. The summed E-state index contributed by atoms with van der Waals surface area (Å²) in [5.74, 6) is 0.956. The molecule has 1 atom stereocenters. The van der Waals surface area contributed by atoms with Gasteiger partial charge in [0.15, 0.2) is 0 Å². The van der Waals surface area contributed by atoms with Gasteiger partial charge in [-0.25, -0.2) is 4.98 Å². The second-order valence-electron chi connectivity index (χ2n) is 9.87. The molecule has 0 bridgehead atoms. The lowest BCUT2D eigenvalue weighted by atomic mass is 10.1. The molecule has 0 saturated heterocycles. The topological polar surface area (TPSA) is 67.7 Å². The Morgan fingerprint density at radius 3 is 2.41 bits per heavy atom. The predicted octanol–water partition coefficient (Wildman–Crippen LogP) is 5.31. The minimum absolute atomic E-state index is 0.157. The molecule has 1 heterocycles. The average Bonchev–Trinajstić information content (AvgIpc) is 2.96. The van der Waals surface area contributed by atoms with E-state index in [1.165, 1.54) is 0 Å². The zero-order valence-electron chi connectivity index (χ0n) is 22.7. The molecule has 1 aromatic heterocycles. The van der Waals surface area contributed by atoms with E-state index in [0.717, 1.165) is 10.8 Å². The molecule has 39 heavy (non-hydrogen) atoms. The number of ether oxygens (including phenoxy) is 1. The molecule has 0 radical (unpaired) electrons.